The molecule has 6 nitrogen and oxygen atoms in total. The molecule has 0 spiro atoms. The van der Waals surface area contributed by atoms with Gasteiger partial charge in [-0.05, 0) is 48.9 Å². The lowest BCUT2D eigenvalue weighted by molar-refractivity contribution is -0.133. The zero-order valence-corrected chi connectivity index (χ0v) is 14.2. The van der Waals surface area contributed by atoms with E-state index >= 15 is 0 Å². The summed E-state index contributed by atoms with van der Waals surface area (Å²) < 4.78 is 1.78. The van der Waals surface area contributed by atoms with Gasteiger partial charge < -0.3 is 10.0 Å². The van der Waals surface area contributed by atoms with E-state index < -0.39 is 5.97 Å². The van der Waals surface area contributed by atoms with Crippen molar-refractivity contribution < 1.29 is 14.7 Å². The first-order valence-electron chi connectivity index (χ1n) is 8.69. The number of piperidine rings is 1. The van der Waals surface area contributed by atoms with E-state index in [1.54, 1.807) is 23.0 Å². The van der Waals surface area contributed by atoms with Crippen LogP contribution in [0.3, 0.4) is 0 Å². The first kappa shape index (κ1) is 17.2. The molecule has 0 saturated carbocycles. The van der Waals surface area contributed by atoms with Gasteiger partial charge >= 0.3 is 5.97 Å². The van der Waals surface area contributed by atoms with Crippen molar-refractivity contribution in [2.24, 2.45) is 5.92 Å². The van der Waals surface area contributed by atoms with E-state index in [0.29, 0.717) is 24.4 Å². The van der Waals surface area contributed by atoms with Crippen LogP contribution < -0.4 is 0 Å². The van der Waals surface area contributed by atoms with E-state index in [4.69, 9.17) is 5.11 Å². The van der Waals surface area contributed by atoms with Crippen molar-refractivity contribution in [2.75, 3.05) is 13.1 Å². The average Bonchev–Trinajstić information content (AvgIpc) is 3.14. The van der Waals surface area contributed by atoms with Crippen LogP contribution >= 0.6 is 0 Å². The molecule has 6 heteroatoms. The number of amides is 1. The Morgan fingerprint density at radius 2 is 2.04 bits per heavy atom. The number of carboxylic acid groups (broad SMARTS) is 1. The van der Waals surface area contributed by atoms with Gasteiger partial charge in [-0.15, -0.1) is 0 Å². The lowest BCUT2D eigenvalue weighted by Crippen LogP contribution is -2.40. The van der Waals surface area contributed by atoms with Crippen LogP contribution in [0, 0.1) is 5.92 Å². The maximum absolute atomic E-state index is 12.4. The lowest BCUT2D eigenvalue weighted by atomic mass is 9.91. The maximum Gasteiger partial charge on any atom is 0.335 e. The van der Waals surface area contributed by atoms with Gasteiger partial charge in [-0.1, -0.05) is 12.1 Å². The van der Waals surface area contributed by atoms with Crippen LogP contribution in [-0.4, -0.2) is 44.8 Å². The highest BCUT2D eigenvalue weighted by Crippen LogP contribution is 2.22. The fourth-order valence-electron chi connectivity index (χ4n) is 3.38. The Morgan fingerprint density at radius 3 is 2.72 bits per heavy atom. The fraction of sp³-hybridized carbons (Fsp3) is 0.421. The Morgan fingerprint density at radius 1 is 1.24 bits per heavy atom. The van der Waals surface area contributed by atoms with E-state index in [0.717, 1.165) is 37.9 Å². The van der Waals surface area contributed by atoms with Crippen LogP contribution in [0.25, 0.3) is 0 Å². The Balaban J connectivity index is 1.51. The predicted octanol–water partition coefficient (Wildman–Crippen LogP) is 2.45. The number of rotatable bonds is 6. The van der Waals surface area contributed by atoms with Crippen molar-refractivity contribution in [3.8, 4) is 0 Å². The number of hydrogen-bond acceptors (Lipinski definition) is 3. The molecular weight excluding hydrogens is 318 g/mol. The highest BCUT2D eigenvalue weighted by Gasteiger charge is 2.23. The normalized spacial score (nSPS) is 17.4. The number of benzene rings is 1. The summed E-state index contributed by atoms with van der Waals surface area (Å²) in [6.45, 7) is 2.22. The standard InChI is InChI=1S/C19H23N3O3/c23-18(8-12-22-11-2-9-20-22)21-10-1-3-16(14-21)13-15-4-6-17(7-5-15)19(24)25/h2,4-7,9,11,16H,1,3,8,10,12-14H2,(H,24,25)/t16-/m0/s1. The molecule has 2 heterocycles. The third-order valence-electron chi connectivity index (χ3n) is 4.71. The van der Waals surface area contributed by atoms with Gasteiger partial charge in [0.05, 0.1) is 5.56 Å². The topological polar surface area (TPSA) is 75.4 Å². The van der Waals surface area contributed by atoms with E-state index in [-0.39, 0.29) is 5.91 Å². The van der Waals surface area contributed by atoms with Gasteiger partial charge in [0.25, 0.3) is 0 Å². The van der Waals surface area contributed by atoms with Crippen LogP contribution in [0.15, 0.2) is 42.7 Å². The molecule has 25 heavy (non-hydrogen) atoms. The number of nitrogens with zero attached hydrogens (tertiary/aromatic N) is 3. The molecule has 2 aromatic rings. The Bertz CT molecular complexity index is 710. The molecule has 1 atom stereocenters. The molecule has 3 rings (SSSR count). The fourth-order valence-corrected chi connectivity index (χ4v) is 3.38. The minimum absolute atomic E-state index is 0.182. The van der Waals surface area contributed by atoms with Gasteiger partial charge in [-0.25, -0.2) is 4.79 Å². The minimum Gasteiger partial charge on any atom is -0.478 e. The summed E-state index contributed by atoms with van der Waals surface area (Å²) in [6.07, 6.45) is 7.06. The molecule has 1 N–H and O–H groups in total. The molecule has 132 valence electrons. The number of likely N-dealkylation sites (tertiary alicyclic amines) is 1. The monoisotopic (exact) mass is 341 g/mol. The van der Waals surface area contributed by atoms with E-state index in [9.17, 15) is 9.59 Å². The molecule has 1 fully saturated rings. The van der Waals surface area contributed by atoms with Crippen molar-refractivity contribution in [1.29, 1.82) is 0 Å². The zero-order chi connectivity index (χ0) is 17.6. The summed E-state index contributed by atoms with van der Waals surface area (Å²) in [5.74, 6) is -0.294. The van der Waals surface area contributed by atoms with Crippen molar-refractivity contribution in [1.82, 2.24) is 14.7 Å². The number of hydrogen-bond donors (Lipinski definition) is 1. The van der Waals surface area contributed by atoms with E-state index in [1.165, 1.54) is 0 Å². The highest BCUT2D eigenvalue weighted by atomic mass is 16.4. The molecule has 1 aromatic carbocycles. The Labute approximate surface area is 147 Å². The molecule has 1 aliphatic heterocycles. The Hall–Kier alpha value is -2.63. The molecule has 1 saturated heterocycles. The second kappa shape index (κ2) is 7.96. The first-order chi connectivity index (χ1) is 12.1. The van der Waals surface area contributed by atoms with Crippen molar-refractivity contribution in [2.45, 2.75) is 32.2 Å². The molecule has 1 aliphatic rings. The Kier molecular flexibility index (Phi) is 5.48. The van der Waals surface area contributed by atoms with Crippen molar-refractivity contribution in [3.63, 3.8) is 0 Å². The van der Waals surface area contributed by atoms with E-state index in [1.807, 2.05) is 29.3 Å². The van der Waals surface area contributed by atoms with Gasteiger partial charge in [0, 0.05) is 38.4 Å². The highest BCUT2D eigenvalue weighted by molar-refractivity contribution is 5.87. The second-order valence-electron chi connectivity index (χ2n) is 6.57. The molecule has 1 amide bonds. The SMILES string of the molecule is O=C(O)c1ccc(C[C@@H]2CCCN(C(=O)CCn3cccn3)C2)cc1. The molecule has 0 bridgehead atoms. The van der Waals surface area contributed by atoms with Gasteiger partial charge in [0.15, 0.2) is 0 Å². The summed E-state index contributed by atoms with van der Waals surface area (Å²) in [5.41, 5.74) is 1.43. The number of aromatic carboxylic acids is 1. The van der Waals surface area contributed by atoms with Crippen molar-refractivity contribution >= 4 is 11.9 Å². The molecule has 0 aliphatic carbocycles. The largest absolute Gasteiger partial charge is 0.478 e. The van der Waals surface area contributed by atoms with Crippen LogP contribution in [0.1, 0.15) is 35.2 Å². The van der Waals surface area contributed by atoms with Gasteiger partial charge in [0.1, 0.15) is 0 Å². The van der Waals surface area contributed by atoms with E-state index in [2.05, 4.69) is 5.10 Å². The summed E-state index contributed by atoms with van der Waals surface area (Å²) in [6, 6.07) is 8.90. The molecule has 0 unspecified atom stereocenters. The number of carboxylic acids is 1. The summed E-state index contributed by atoms with van der Waals surface area (Å²) in [7, 11) is 0. The average molecular weight is 341 g/mol. The van der Waals surface area contributed by atoms with Crippen LogP contribution in [-0.2, 0) is 17.8 Å². The van der Waals surface area contributed by atoms with Gasteiger partial charge in [-0.2, -0.15) is 5.10 Å². The molecule has 1 aromatic heterocycles. The number of carbonyl (C=O) groups is 2. The summed E-state index contributed by atoms with van der Waals surface area (Å²) in [5, 5.41) is 13.1. The minimum atomic E-state index is -0.904. The number of aromatic nitrogens is 2. The quantitative estimate of drug-likeness (QED) is 0.876. The number of aryl methyl sites for hydroxylation is 1. The molecule has 0 radical (unpaired) electrons. The van der Waals surface area contributed by atoms with Gasteiger partial charge in [-0.3, -0.25) is 9.48 Å². The number of carbonyl (C=O) groups excluding carboxylic acids is 1. The van der Waals surface area contributed by atoms with Crippen LogP contribution in [0.4, 0.5) is 0 Å². The third-order valence-corrected chi connectivity index (χ3v) is 4.71. The molecular formula is C19H23N3O3. The zero-order valence-electron chi connectivity index (χ0n) is 14.2. The maximum atomic E-state index is 12.4. The third kappa shape index (κ3) is 4.68. The van der Waals surface area contributed by atoms with Gasteiger partial charge in [0.2, 0.25) is 5.91 Å². The lowest BCUT2D eigenvalue weighted by Gasteiger charge is -2.33. The predicted molar refractivity (Wildman–Crippen MR) is 93.3 cm³/mol. The summed E-state index contributed by atoms with van der Waals surface area (Å²) in [4.78, 5) is 25.3. The summed E-state index contributed by atoms with van der Waals surface area (Å²) >= 11 is 0. The first-order valence-corrected chi connectivity index (χ1v) is 8.69. The van der Waals surface area contributed by atoms with Crippen LogP contribution in [0.2, 0.25) is 0 Å². The second-order valence-corrected chi connectivity index (χ2v) is 6.57. The van der Waals surface area contributed by atoms with Crippen LogP contribution in [0.5, 0.6) is 0 Å². The van der Waals surface area contributed by atoms with Crippen molar-refractivity contribution in [3.05, 3.63) is 53.9 Å². The smallest absolute Gasteiger partial charge is 0.335 e.